The highest BCUT2D eigenvalue weighted by molar-refractivity contribution is 5.24. The Hall–Kier alpha value is -1.76. The molecule has 0 amide bonds. The topological polar surface area (TPSA) is 170 Å². The smallest absolute Gasteiger partial charge is 0.165 e. The average Bonchev–Trinajstić information content (AvgIpc) is 1.65. The van der Waals surface area contributed by atoms with Crippen molar-refractivity contribution < 1.29 is 108 Å². The first-order valence-corrected chi connectivity index (χ1v) is 30.6. The van der Waals surface area contributed by atoms with Gasteiger partial charge in [-0.15, -0.1) is 0 Å². The van der Waals surface area contributed by atoms with E-state index >= 15 is 70.2 Å². The number of hydrogen-bond acceptors (Lipinski definition) is 16. The second kappa shape index (κ2) is 24.2. The number of alkyl halides is 16. The summed E-state index contributed by atoms with van der Waals surface area (Å²) in [6, 6.07) is 0. The molecule has 13 aliphatic rings. The fourth-order valence-corrected chi connectivity index (χ4v) is 21.3. The lowest BCUT2D eigenvalue weighted by Gasteiger charge is -2.56. The predicted octanol–water partition coefficient (Wildman–Crippen LogP) is 2.88. The molecule has 5 aliphatic heterocycles. The molecule has 8 bridgehead atoms. The van der Waals surface area contributed by atoms with Crippen LogP contribution in [0.4, 0.5) is 70.2 Å². The van der Waals surface area contributed by atoms with Gasteiger partial charge in [-0.3, -0.25) is 42.5 Å². The van der Waals surface area contributed by atoms with Crippen LogP contribution in [0.5, 0.6) is 0 Å². The quantitative estimate of drug-likeness (QED) is 0.167. The van der Waals surface area contributed by atoms with E-state index < -0.39 is 292 Å². The van der Waals surface area contributed by atoms with Crippen LogP contribution >= 0.6 is 0 Å². The molecule has 5 saturated heterocycles. The zero-order chi connectivity index (χ0) is 63.0. The summed E-state index contributed by atoms with van der Waals surface area (Å²) in [7, 11) is 9.29. The van der Waals surface area contributed by atoms with Gasteiger partial charge in [0.25, 0.3) is 0 Å². The van der Waals surface area contributed by atoms with Crippen molar-refractivity contribution in [3.63, 3.8) is 0 Å². The zero-order valence-corrected chi connectivity index (χ0v) is 49.0. The van der Waals surface area contributed by atoms with Crippen LogP contribution in [0.1, 0.15) is 0 Å². The minimum atomic E-state index is -2.97. The Kier molecular flexibility index (Phi) is 17.8. The van der Waals surface area contributed by atoms with E-state index in [1.165, 1.54) is 0 Å². The van der Waals surface area contributed by atoms with Gasteiger partial charge in [-0.25, -0.2) is 70.2 Å². The molecule has 13 rings (SSSR count). The Morgan fingerprint density at radius 1 is 0.148 bits per heavy atom. The van der Waals surface area contributed by atoms with E-state index in [9.17, 15) is 0 Å². The van der Waals surface area contributed by atoms with Crippen LogP contribution in [0.3, 0.4) is 0 Å². The lowest BCUT2D eigenvalue weighted by Crippen LogP contribution is -2.70. The lowest BCUT2D eigenvalue weighted by atomic mass is 9.57. The molecule has 0 radical (unpaired) electrons. The Morgan fingerprint density at radius 3 is 0.318 bits per heavy atom. The summed E-state index contributed by atoms with van der Waals surface area (Å²) < 4.78 is 310. The van der Waals surface area contributed by atoms with Crippen LogP contribution in [0.25, 0.3) is 0 Å². The van der Waals surface area contributed by atoms with Crippen LogP contribution in [0.2, 0.25) is 0 Å². The van der Waals surface area contributed by atoms with E-state index in [1.807, 2.05) is 0 Å². The van der Waals surface area contributed by atoms with Crippen molar-refractivity contribution in [2.45, 2.75) is 197 Å². The molecule has 40 unspecified atom stereocenters. The third-order valence-electron chi connectivity index (χ3n) is 24.3. The summed E-state index contributed by atoms with van der Waals surface area (Å²) in [6.45, 7) is 0. The first kappa shape index (κ1) is 64.9. The van der Waals surface area contributed by atoms with Gasteiger partial charge in [0.2, 0.25) is 0 Å². The van der Waals surface area contributed by atoms with Gasteiger partial charge in [-0.2, -0.15) is 0 Å². The van der Waals surface area contributed by atoms with Crippen LogP contribution in [-0.2, 0) is 37.9 Å². The van der Waals surface area contributed by atoms with Gasteiger partial charge in [-0.1, -0.05) is 0 Å². The number of ether oxygens (including phenoxy) is 8. The molecule has 0 aromatic carbocycles. The van der Waals surface area contributed by atoms with Crippen molar-refractivity contribution >= 4 is 0 Å². The molecule has 8 saturated carbocycles. The summed E-state index contributed by atoms with van der Waals surface area (Å²) in [5, 5.41) is 27.7. The number of halogens is 16. The van der Waals surface area contributed by atoms with Crippen LogP contribution < -0.4 is 42.5 Å². The van der Waals surface area contributed by atoms with Gasteiger partial charge in [-0.05, 0) is 0 Å². The molecule has 16 nitrogen and oxygen atoms in total. The Bertz CT molecular complexity index is 2000. The van der Waals surface area contributed by atoms with Crippen LogP contribution in [-0.4, -0.2) is 254 Å². The van der Waals surface area contributed by atoms with Gasteiger partial charge in [0, 0.05) is 152 Å². The molecule has 5 heterocycles. The van der Waals surface area contributed by atoms with E-state index in [0.717, 1.165) is 56.9 Å². The minimum absolute atomic E-state index is 1.16. The zero-order valence-electron chi connectivity index (χ0n) is 49.0. The summed E-state index contributed by atoms with van der Waals surface area (Å²) in [4.78, 5) is 0. The monoisotopic (exact) mass is 1300 g/mol. The standard InChI is InChI=1S/C56H80F16N8O8/c1-81-41-9-10(26(58)34(66)33(65)25(9)57)42(82-2)18-17(41)49-73-50(18)78-52-21-22(46(86-6)14-13(45(21)85-5)29(61)37(69)38(70)30(14)62)54(75-52)80-56-24-23(47(87-7)15-16(48(24)88-8)32(64)40(72)39(71)31(15)63)55(76-56)79-53-20-19(51(74-53)77-49)43(83-3)11-12(44(20)84-4)28(60)36(68)35(67)27(11)59/h9-56,73-80H,1-8H3. The Balaban J connectivity index is 1.01. The van der Waals surface area contributed by atoms with Crippen molar-refractivity contribution in [2.24, 2.45) is 94.7 Å². The molecule has 504 valence electrons. The average molecular weight is 1300 g/mol. The van der Waals surface area contributed by atoms with E-state index in [0.29, 0.717) is 0 Å². The Morgan fingerprint density at radius 2 is 0.239 bits per heavy atom. The summed E-state index contributed by atoms with van der Waals surface area (Å²) in [6.07, 6.45) is -67.7. The van der Waals surface area contributed by atoms with Gasteiger partial charge in [0.15, 0.2) is 49.4 Å². The number of hydrogen-bond donors (Lipinski definition) is 8. The fraction of sp³-hybridized carbons (Fsp3) is 1.00. The highest BCUT2D eigenvalue weighted by Crippen LogP contribution is 2.61. The first-order chi connectivity index (χ1) is 42.0. The van der Waals surface area contributed by atoms with Crippen molar-refractivity contribution in [3.05, 3.63) is 0 Å². The third kappa shape index (κ3) is 9.03. The Labute approximate surface area is 498 Å². The van der Waals surface area contributed by atoms with E-state index in [2.05, 4.69) is 42.5 Å². The fourth-order valence-electron chi connectivity index (χ4n) is 21.3. The normalized spacial score (nSPS) is 63.0. The van der Waals surface area contributed by atoms with Crippen molar-refractivity contribution in [2.75, 3.05) is 56.9 Å². The van der Waals surface area contributed by atoms with Crippen molar-refractivity contribution in [3.8, 4) is 0 Å². The minimum Gasteiger partial charge on any atom is -0.381 e. The summed E-state index contributed by atoms with van der Waals surface area (Å²) in [5.41, 5.74) is 0. The lowest BCUT2D eigenvalue weighted by molar-refractivity contribution is -0.221. The molecule has 0 spiro atoms. The van der Waals surface area contributed by atoms with Crippen LogP contribution in [0.15, 0.2) is 0 Å². The largest absolute Gasteiger partial charge is 0.381 e. The van der Waals surface area contributed by atoms with Gasteiger partial charge >= 0.3 is 0 Å². The molecule has 32 heteroatoms. The highest BCUT2D eigenvalue weighted by atomic mass is 19.2. The van der Waals surface area contributed by atoms with Crippen molar-refractivity contribution in [1.29, 1.82) is 0 Å². The highest BCUT2D eigenvalue weighted by Gasteiger charge is 2.75. The maximum Gasteiger partial charge on any atom is 0.165 e. The maximum atomic E-state index is 16.9. The van der Waals surface area contributed by atoms with Gasteiger partial charge < -0.3 is 37.9 Å². The molecule has 8 aliphatic carbocycles. The van der Waals surface area contributed by atoms with Crippen molar-refractivity contribution in [1.82, 2.24) is 42.5 Å². The predicted molar refractivity (Wildman–Crippen MR) is 276 cm³/mol. The molecule has 13 fully saturated rings. The SMILES string of the molecule is COC1C2C3NC(NC4NC(NC5NC(NC6NC(N3)C3C(OC)C7C(F)C(F)C(F)C(F)C7C(OC)C63)C3C(OC)C6C(F)C(F)C(F)C(F)C6C(OC)C53)C3C(OC)C5C(F)C(F)C(F)C(F)C5C(OC)C43)C2C(OC)C2C(F)C(F)C(F)C(F)C12. The van der Waals surface area contributed by atoms with Gasteiger partial charge in [0.1, 0.15) is 49.4 Å². The molecular weight excluding hydrogens is 1220 g/mol. The number of fused-ring (bicyclic) bond motifs is 24. The summed E-state index contributed by atoms with van der Waals surface area (Å²) >= 11 is 0. The first-order valence-electron chi connectivity index (χ1n) is 30.6. The number of nitrogens with one attached hydrogen (secondary N) is 8. The van der Waals surface area contributed by atoms with E-state index in [1.54, 1.807) is 0 Å². The van der Waals surface area contributed by atoms with E-state index in [-0.39, 0.29) is 0 Å². The molecular formula is C56H80F16N8O8. The van der Waals surface area contributed by atoms with Gasteiger partial charge in [0.05, 0.1) is 98.2 Å². The number of methoxy groups -OCH3 is 8. The van der Waals surface area contributed by atoms with Crippen LogP contribution in [0, 0.1) is 94.7 Å². The second-order valence-electron chi connectivity index (χ2n) is 27.1. The molecule has 0 aromatic rings. The van der Waals surface area contributed by atoms with E-state index in [4.69, 9.17) is 37.9 Å². The summed E-state index contributed by atoms with van der Waals surface area (Å²) in [5.74, 6) is -23.5. The maximum absolute atomic E-state index is 16.9. The second-order valence-corrected chi connectivity index (χ2v) is 27.1. The molecule has 0 aromatic heterocycles. The number of rotatable bonds is 8. The molecule has 8 N–H and O–H groups in total. The molecule has 40 atom stereocenters. The third-order valence-corrected chi connectivity index (χ3v) is 24.3. The molecule has 88 heavy (non-hydrogen) atoms.